The lowest BCUT2D eigenvalue weighted by molar-refractivity contribution is -1.11. The quantitative estimate of drug-likeness (QED) is 0.133. The van der Waals surface area contributed by atoms with Gasteiger partial charge in [-0.15, -0.1) is 4.83 Å². The van der Waals surface area contributed by atoms with Gasteiger partial charge in [0, 0.05) is 31.9 Å². The van der Waals surface area contributed by atoms with Crippen molar-refractivity contribution >= 4 is 11.9 Å². The van der Waals surface area contributed by atoms with Crippen LogP contribution >= 0.6 is 11.9 Å². The minimum absolute atomic E-state index is 0.0847. The molecule has 0 aromatic carbocycles. The Labute approximate surface area is 172 Å². The van der Waals surface area contributed by atoms with Crippen LogP contribution in [0.3, 0.4) is 0 Å². The molecule has 7 atom stereocenters. The Balaban J connectivity index is 1.71. The van der Waals surface area contributed by atoms with Crippen molar-refractivity contribution in [1.29, 1.82) is 0 Å². The van der Waals surface area contributed by atoms with Crippen LogP contribution in [0.4, 0.5) is 0 Å². The molecule has 0 amide bonds. The van der Waals surface area contributed by atoms with Crippen LogP contribution in [0, 0.1) is 15.6 Å². The predicted octanol–water partition coefficient (Wildman–Crippen LogP) is -6.04. The summed E-state index contributed by atoms with van der Waals surface area (Å²) in [6.45, 7) is 0. The van der Waals surface area contributed by atoms with E-state index in [1.807, 2.05) is 0 Å². The summed E-state index contributed by atoms with van der Waals surface area (Å²) in [6, 6.07) is -3.74. The number of methoxy groups -OCH3 is 1. The molecule has 2 aliphatic carbocycles. The summed E-state index contributed by atoms with van der Waals surface area (Å²) in [5.74, 6) is 0. The van der Waals surface area contributed by atoms with Gasteiger partial charge in [-0.2, -0.15) is 0 Å². The molecule has 3 aliphatic rings. The predicted molar refractivity (Wildman–Crippen MR) is 97.5 cm³/mol. The van der Waals surface area contributed by atoms with Crippen molar-refractivity contribution in [3.8, 4) is 0 Å². The summed E-state index contributed by atoms with van der Waals surface area (Å²) in [5, 5.41) is 64.5. The minimum Gasteiger partial charge on any atom is -0.600 e. The first-order valence-electron chi connectivity index (χ1n) is 9.82. The third-order valence-electron chi connectivity index (χ3n) is 6.37. The number of hydrogen-bond acceptors (Lipinski definition) is 11. The minimum atomic E-state index is -1.18. The van der Waals surface area contributed by atoms with Gasteiger partial charge in [0.25, 0.3) is 0 Å². The fourth-order valence-electron chi connectivity index (χ4n) is 4.73. The SMILES string of the molecule is COC1CCC([NH+]2NNSC2NC2C([NH+]([O-])O)CC([NH+]([O-])O)CC2[NH+]([O-])O)CC1. The molecule has 170 valence electrons. The second kappa shape index (κ2) is 10.4. The third-order valence-corrected chi connectivity index (χ3v) is 7.22. The average molecular weight is 443 g/mol. The normalized spacial score (nSPS) is 44.4. The number of hydrazine groups is 1. The summed E-state index contributed by atoms with van der Waals surface area (Å²) in [5.41, 5.74) is 2.85. The molecule has 7 unspecified atom stereocenters. The summed E-state index contributed by atoms with van der Waals surface area (Å²) in [6.07, 6.45) is 3.80. The molecule has 0 radical (unpaired) electrons. The molecule has 1 heterocycles. The monoisotopic (exact) mass is 442 g/mol. The molecule has 0 aromatic heterocycles. The number of rotatable bonds is 7. The highest BCUT2D eigenvalue weighted by Gasteiger charge is 2.51. The second-order valence-corrected chi connectivity index (χ2v) is 8.89. The smallest absolute Gasteiger partial charge is 0.224 e. The van der Waals surface area contributed by atoms with Crippen LogP contribution in [-0.2, 0) is 4.74 Å². The lowest BCUT2D eigenvalue weighted by atomic mass is 9.83. The first kappa shape index (κ1) is 23.5. The van der Waals surface area contributed by atoms with Gasteiger partial charge in [-0.3, -0.25) is 0 Å². The van der Waals surface area contributed by atoms with Gasteiger partial charge in [-0.25, -0.2) is 41.6 Å². The van der Waals surface area contributed by atoms with Gasteiger partial charge < -0.3 is 20.4 Å². The molecule has 3 rings (SSSR count). The number of hydroxylamine groups is 6. The molecule has 15 heteroatoms. The Morgan fingerprint density at radius 2 is 1.59 bits per heavy atom. The van der Waals surface area contributed by atoms with Crippen molar-refractivity contribution in [2.45, 2.75) is 80.3 Å². The molecule has 0 aromatic rings. The van der Waals surface area contributed by atoms with E-state index in [1.54, 1.807) is 7.11 Å². The number of ether oxygens (including phenoxy) is 1. The zero-order valence-electron chi connectivity index (χ0n) is 16.2. The number of hydrogen-bond donors (Lipinski definition) is 10. The van der Waals surface area contributed by atoms with E-state index < -0.39 is 39.8 Å². The van der Waals surface area contributed by atoms with Crippen LogP contribution in [0.1, 0.15) is 38.5 Å². The molecule has 1 saturated heterocycles. The summed E-state index contributed by atoms with van der Waals surface area (Å²) in [7, 11) is 1.71. The zero-order valence-corrected chi connectivity index (χ0v) is 17.0. The van der Waals surface area contributed by atoms with Crippen LogP contribution in [0.5, 0.6) is 0 Å². The van der Waals surface area contributed by atoms with Crippen LogP contribution in [0.2, 0.25) is 0 Å². The largest absolute Gasteiger partial charge is 0.600 e. The van der Waals surface area contributed by atoms with E-state index >= 15 is 0 Å². The molecule has 14 nitrogen and oxygen atoms in total. The van der Waals surface area contributed by atoms with Crippen LogP contribution in [0.25, 0.3) is 0 Å². The van der Waals surface area contributed by atoms with E-state index in [-0.39, 0.29) is 30.5 Å². The van der Waals surface area contributed by atoms with Crippen molar-refractivity contribution < 1.29 is 41.0 Å². The standard InChI is InChI=1S/C14H31N7O7S/c1-28-10-4-2-8(3-5-10)18-14(29-17-16-18)15-13-11(20(24)25)6-9(19(22)23)7-12(13)21(26)27/h8-17,19-22,24,26H,2-7H2,1H3/p+1. The van der Waals surface area contributed by atoms with Crippen LogP contribution in [-0.4, -0.2) is 64.5 Å². The number of quaternary nitrogens is 4. The van der Waals surface area contributed by atoms with Gasteiger partial charge in [0.05, 0.1) is 18.9 Å². The Hall–Kier alpha value is -0.210. The Morgan fingerprint density at radius 3 is 2.07 bits per heavy atom. The zero-order chi connectivity index (χ0) is 21.1. The Kier molecular flexibility index (Phi) is 8.41. The maximum Gasteiger partial charge on any atom is 0.224 e. The van der Waals surface area contributed by atoms with E-state index in [0.29, 0.717) is 0 Å². The lowest BCUT2D eigenvalue weighted by Gasteiger charge is -2.45. The Bertz CT molecular complexity index is 497. The lowest BCUT2D eigenvalue weighted by Crippen LogP contribution is -3.25. The van der Waals surface area contributed by atoms with E-state index in [1.165, 1.54) is 11.9 Å². The molecule has 29 heavy (non-hydrogen) atoms. The van der Waals surface area contributed by atoms with Crippen molar-refractivity contribution in [3.63, 3.8) is 0 Å². The molecule has 3 fully saturated rings. The van der Waals surface area contributed by atoms with Crippen LogP contribution in [0.15, 0.2) is 0 Å². The fraction of sp³-hybridized carbons (Fsp3) is 1.00. The first-order chi connectivity index (χ1) is 13.8. The van der Waals surface area contributed by atoms with Gasteiger partial charge in [0.1, 0.15) is 30.2 Å². The summed E-state index contributed by atoms with van der Waals surface area (Å²) >= 11 is 1.34. The molecular weight excluding hydrogens is 410 g/mol. The average Bonchev–Trinajstić information content (AvgIpc) is 3.15. The van der Waals surface area contributed by atoms with Gasteiger partial charge in [-0.1, -0.05) is 5.53 Å². The van der Waals surface area contributed by atoms with Crippen molar-refractivity contribution in [2.24, 2.45) is 0 Å². The van der Waals surface area contributed by atoms with E-state index in [0.717, 1.165) is 30.7 Å². The summed E-state index contributed by atoms with van der Waals surface area (Å²) in [4.78, 5) is 3.00. The highest BCUT2D eigenvalue weighted by atomic mass is 32.2. The molecule has 10 N–H and O–H groups in total. The summed E-state index contributed by atoms with van der Waals surface area (Å²) < 4.78 is 5.42. The van der Waals surface area contributed by atoms with Crippen molar-refractivity contribution in [2.75, 3.05) is 7.11 Å². The fourth-order valence-corrected chi connectivity index (χ4v) is 5.62. The Morgan fingerprint density at radius 1 is 1.00 bits per heavy atom. The highest BCUT2D eigenvalue weighted by Crippen LogP contribution is 2.21. The van der Waals surface area contributed by atoms with Crippen LogP contribution < -0.4 is 36.4 Å². The van der Waals surface area contributed by atoms with E-state index in [9.17, 15) is 31.2 Å². The van der Waals surface area contributed by atoms with Crippen molar-refractivity contribution in [1.82, 2.24) is 15.7 Å². The van der Waals surface area contributed by atoms with Crippen molar-refractivity contribution in [3.05, 3.63) is 15.6 Å². The van der Waals surface area contributed by atoms with Gasteiger partial charge in [0.15, 0.2) is 0 Å². The molecule has 0 spiro atoms. The highest BCUT2D eigenvalue weighted by molar-refractivity contribution is 7.97. The van der Waals surface area contributed by atoms with E-state index in [2.05, 4.69) is 15.7 Å². The maximum absolute atomic E-state index is 11.8. The second-order valence-electron chi connectivity index (χ2n) is 7.98. The topological polar surface area (TPSA) is 193 Å². The van der Waals surface area contributed by atoms with E-state index in [4.69, 9.17) is 4.74 Å². The van der Waals surface area contributed by atoms with Gasteiger partial charge >= 0.3 is 0 Å². The van der Waals surface area contributed by atoms with Gasteiger partial charge in [0.2, 0.25) is 5.50 Å². The first-order valence-corrected chi connectivity index (χ1v) is 10.7. The molecule has 2 saturated carbocycles. The molecular formula is C14H32N7O7S+. The molecule has 0 bridgehead atoms. The molecule has 1 aliphatic heterocycles. The number of nitrogens with one attached hydrogen (secondary N) is 7. The maximum atomic E-state index is 11.8. The third kappa shape index (κ3) is 5.53. The van der Waals surface area contributed by atoms with Gasteiger partial charge in [-0.05, 0) is 12.8 Å².